The summed E-state index contributed by atoms with van der Waals surface area (Å²) >= 11 is 0. The van der Waals surface area contributed by atoms with Crippen molar-refractivity contribution in [2.45, 2.75) is 4.90 Å². The molecule has 0 atom stereocenters. The Morgan fingerprint density at radius 2 is 1.47 bits per heavy atom. The van der Waals surface area contributed by atoms with E-state index in [1.54, 1.807) is 24.3 Å². The van der Waals surface area contributed by atoms with Gasteiger partial charge < -0.3 is 5.32 Å². The summed E-state index contributed by atoms with van der Waals surface area (Å²) in [6, 6.07) is 20.3. The second kappa shape index (κ2) is 9.38. The largest absolute Gasteiger partial charge is 0.325 e. The van der Waals surface area contributed by atoms with Gasteiger partial charge >= 0.3 is 0 Å². The number of nitrogens with zero attached hydrogens (tertiary/aromatic N) is 3. The first-order valence-corrected chi connectivity index (χ1v) is 10.4. The Morgan fingerprint density at radius 3 is 2.07 bits per heavy atom. The summed E-state index contributed by atoms with van der Waals surface area (Å²) in [6.07, 6.45) is 0. The quantitative estimate of drug-likeness (QED) is 0.564. The maximum absolute atomic E-state index is 13.0. The molecule has 30 heavy (non-hydrogen) atoms. The van der Waals surface area contributed by atoms with Crippen LogP contribution in [0.4, 0.5) is 21.5 Å². The highest BCUT2D eigenvalue weighted by molar-refractivity contribution is 7.89. The molecule has 3 rings (SSSR count). The third-order valence-corrected chi connectivity index (χ3v) is 5.89. The minimum atomic E-state index is -3.91. The normalized spacial score (nSPS) is 11.7. The van der Waals surface area contributed by atoms with E-state index in [4.69, 9.17) is 0 Å². The lowest BCUT2D eigenvalue weighted by Gasteiger charge is -2.17. The molecule has 0 fully saturated rings. The zero-order valence-electron chi connectivity index (χ0n) is 16.1. The van der Waals surface area contributed by atoms with Crippen molar-refractivity contribution < 1.29 is 17.6 Å². The first-order valence-electron chi connectivity index (χ1n) is 8.93. The minimum Gasteiger partial charge on any atom is -0.325 e. The summed E-state index contributed by atoms with van der Waals surface area (Å²) in [7, 11) is -2.62. The van der Waals surface area contributed by atoms with Gasteiger partial charge in [0.05, 0.1) is 22.8 Å². The molecule has 0 aliphatic rings. The van der Waals surface area contributed by atoms with E-state index in [0.717, 1.165) is 34.3 Å². The lowest BCUT2D eigenvalue weighted by atomic mass is 10.3. The van der Waals surface area contributed by atoms with Crippen molar-refractivity contribution >= 4 is 33.0 Å². The summed E-state index contributed by atoms with van der Waals surface area (Å²) in [5.74, 6) is -1.05. The fourth-order valence-electron chi connectivity index (χ4n) is 2.50. The second-order valence-electron chi connectivity index (χ2n) is 6.35. The molecule has 7 nitrogen and oxygen atoms in total. The second-order valence-corrected chi connectivity index (χ2v) is 8.39. The number of hydrogen-bond acceptors (Lipinski definition) is 5. The van der Waals surface area contributed by atoms with E-state index in [1.165, 1.54) is 7.05 Å². The predicted molar refractivity (Wildman–Crippen MR) is 112 cm³/mol. The first-order chi connectivity index (χ1) is 14.3. The average molecular weight is 426 g/mol. The number of anilines is 1. The zero-order chi connectivity index (χ0) is 21.6. The SMILES string of the molecule is CN(CC(=O)Nc1ccc(N=Nc2ccccc2)cc1)S(=O)(=O)c1ccc(F)cc1. The summed E-state index contributed by atoms with van der Waals surface area (Å²) in [4.78, 5) is 12.1. The molecule has 3 aromatic rings. The standard InChI is InChI=1S/C21H19FN4O3S/c1-26(30(28,29)20-13-7-16(22)8-14-20)15-21(27)23-17-9-11-19(12-10-17)25-24-18-5-3-2-4-6-18/h2-14H,15H2,1H3,(H,23,27). The molecule has 9 heteroatoms. The van der Waals surface area contributed by atoms with Crippen molar-refractivity contribution in [3.63, 3.8) is 0 Å². The van der Waals surface area contributed by atoms with Crippen molar-refractivity contribution in [1.29, 1.82) is 0 Å². The number of nitrogens with one attached hydrogen (secondary N) is 1. The van der Waals surface area contributed by atoms with Crippen LogP contribution in [-0.4, -0.2) is 32.2 Å². The maximum Gasteiger partial charge on any atom is 0.243 e. The van der Waals surface area contributed by atoms with Crippen LogP contribution < -0.4 is 5.32 Å². The maximum atomic E-state index is 13.0. The lowest BCUT2D eigenvalue weighted by Crippen LogP contribution is -2.34. The van der Waals surface area contributed by atoms with Crippen molar-refractivity contribution in [2.75, 3.05) is 18.9 Å². The molecular formula is C21H19FN4O3S. The van der Waals surface area contributed by atoms with Gasteiger partial charge in [-0.3, -0.25) is 4.79 Å². The minimum absolute atomic E-state index is 0.0904. The van der Waals surface area contributed by atoms with Gasteiger partial charge in [0.15, 0.2) is 0 Å². The van der Waals surface area contributed by atoms with Crippen molar-refractivity contribution in [1.82, 2.24) is 4.31 Å². The van der Waals surface area contributed by atoms with Crippen molar-refractivity contribution in [2.24, 2.45) is 10.2 Å². The molecule has 0 saturated carbocycles. The predicted octanol–water partition coefficient (Wildman–Crippen LogP) is 4.50. The molecule has 154 valence electrons. The highest BCUT2D eigenvalue weighted by atomic mass is 32.2. The van der Waals surface area contributed by atoms with E-state index in [2.05, 4.69) is 15.5 Å². The molecule has 0 radical (unpaired) electrons. The molecule has 0 unspecified atom stereocenters. The third kappa shape index (κ3) is 5.56. The van der Waals surface area contributed by atoms with Gasteiger partial charge in [0, 0.05) is 12.7 Å². The summed E-state index contributed by atoms with van der Waals surface area (Å²) in [5.41, 5.74) is 1.82. The number of likely N-dealkylation sites (N-methyl/N-ethyl adjacent to an activating group) is 1. The molecular weight excluding hydrogens is 407 g/mol. The number of carbonyl (C=O) groups is 1. The fraction of sp³-hybridized carbons (Fsp3) is 0.0952. The molecule has 3 aromatic carbocycles. The molecule has 0 aliphatic heterocycles. The zero-order valence-corrected chi connectivity index (χ0v) is 16.9. The van der Waals surface area contributed by atoms with E-state index in [9.17, 15) is 17.6 Å². The number of azo groups is 1. The first kappa shape index (κ1) is 21.3. The Morgan fingerprint density at radius 1 is 0.900 bits per heavy atom. The van der Waals surface area contributed by atoms with Crippen LogP contribution in [0.25, 0.3) is 0 Å². The number of halogens is 1. The van der Waals surface area contributed by atoms with Gasteiger partial charge in [-0.2, -0.15) is 14.5 Å². The van der Waals surface area contributed by atoms with E-state index in [-0.39, 0.29) is 4.90 Å². The molecule has 0 bridgehead atoms. The number of amides is 1. The average Bonchev–Trinajstić information content (AvgIpc) is 2.74. The third-order valence-electron chi connectivity index (χ3n) is 4.08. The lowest BCUT2D eigenvalue weighted by molar-refractivity contribution is -0.116. The van der Waals surface area contributed by atoms with E-state index < -0.39 is 28.3 Å². The molecule has 0 aliphatic carbocycles. The number of carbonyl (C=O) groups excluding carboxylic acids is 1. The van der Waals surface area contributed by atoms with Crippen LogP contribution >= 0.6 is 0 Å². The molecule has 0 spiro atoms. The summed E-state index contributed by atoms with van der Waals surface area (Å²) < 4.78 is 38.8. The topological polar surface area (TPSA) is 91.2 Å². The molecule has 1 N–H and O–H groups in total. The van der Waals surface area contributed by atoms with Gasteiger partial charge in [0.25, 0.3) is 0 Å². The highest BCUT2D eigenvalue weighted by Gasteiger charge is 2.23. The Kier molecular flexibility index (Phi) is 6.65. The Balaban J connectivity index is 1.59. The summed E-state index contributed by atoms with van der Waals surface area (Å²) in [6.45, 7) is -0.394. The number of benzene rings is 3. The Hall–Kier alpha value is -3.43. The fourth-order valence-corrected chi connectivity index (χ4v) is 3.62. The summed E-state index contributed by atoms with van der Waals surface area (Å²) in [5, 5.41) is 10.9. The van der Waals surface area contributed by atoms with Gasteiger partial charge in [0.1, 0.15) is 5.82 Å². The molecule has 1 amide bonds. The highest BCUT2D eigenvalue weighted by Crippen LogP contribution is 2.20. The molecule has 0 aromatic heterocycles. The van der Waals surface area contributed by atoms with Crippen LogP contribution in [-0.2, 0) is 14.8 Å². The van der Waals surface area contributed by atoms with Crippen LogP contribution in [0, 0.1) is 5.82 Å². The number of rotatable bonds is 7. The van der Waals surface area contributed by atoms with Gasteiger partial charge in [-0.1, -0.05) is 18.2 Å². The van der Waals surface area contributed by atoms with Gasteiger partial charge in [0.2, 0.25) is 15.9 Å². The Labute approximate surface area is 173 Å². The van der Waals surface area contributed by atoms with Gasteiger partial charge in [-0.15, -0.1) is 0 Å². The Bertz CT molecular complexity index is 1130. The van der Waals surface area contributed by atoms with Crippen molar-refractivity contribution in [3.8, 4) is 0 Å². The van der Waals surface area contributed by atoms with E-state index in [0.29, 0.717) is 11.4 Å². The van der Waals surface area contributed by atoms with Crippen molar-refractivity contribution in [3.05, 3.63) is 84.7 Å². The van der Waals surface area contributed by atoms with E-state index >= 15 is 0 Å². The monoisotopic (exact) mass is 426 g/mol. The number of hydrogen-bond donors (Lipinski definition) is 1. The van der Waals surface area contributed by atoms with Gasteiger partial charge in [-0.05, 0) is 60.7 Å². The van der Waals surface area contributed by atoms with Crippen LogP contribution in [0.1, 0.15) is 0 Å². The van der Waals surface area contributed by atoms with Crippen LogP contribution in [0.2, 0.25) is 0 Å². The van der Waals surface area contributed by atoms with E-state index in [1.807, 2.05) is 30.3 Å². The van der Waals surface area contributed by atoms with Crippen LogP contribution in [0.15, 0.2) is 94.0 Å². The molecule has 0 saturated heterocycles. The van der Waals surface area contributed by atoms with Crippen LogP contribution in [0.3, 0.4) is 0 Å². The number of sulfonamides is 1. The molecule has 0 heterocycles. The smallest absolute Gasteiger partial charge is 0.243 e. The van der Waals surface area contributed by atoms with Crippen LogP contribution in [0.5, 0.6) is 0 Å². The van der Waals surface area contributed by atoms with Gasteiger partial charge in [-0.25, -0.2) is 12.8 Å².